The van der Waals surface area contributed by atoms with Crippen LogP contribution in [0.2, 0.25) is 0 Å². The standard InChI is InChI=1S/C19H17NO6/c1-3-24-18(22)14-11-20(19(23)25-4-2)16-13(10-15(21)26-17(14)16)12-8-6-5-7-9-12/h5-11H,3-4H2,1-2H3. The molecule has 0 spiro atoms. The maximum absolute atomic E-state index is 12.4. The molecule has 0 fully saturated rings. The van der Waals surface area contributed by atoms with Crippen LogP contribution in [0.15, 0.2) is 51.8 Å². The van der Waals surface area contributed by atoms with Gasteiger partial charge in [-0.3, -0.25) is 0 Å². The van der Waals surface area contributed by atoms with Gasteiger partial charge in [0.15, 0.2) is 5.58 Å². The third-order valence-corrected chi connectivity index (χ3v) is 3.72. The molecule has 0 saturated heterocycles. The Morgan fingerprint density at radius 2 is 1.77 bits per heavy atom. The first-order valence-electron chi connectivity index (χ1n) is 8.15. The highest BCUT2D eigenvalue weighted by molar-refractivity contribution is 6.08. The first-order valence-corrected chi connectivity index (χ1v) is 8.15. The Balaban J connectivity index is 2.36. The highest BCUT2D eigenvalue weighted by Crippen LogP contribution is 2.31. The van der Waals surface area contributed by atoms with E-state index in [1.54, 1.807) is 38.1 Å². The number of fused-ring (bicyclic) bond motifs is 1. The first kappa shape index (κ1) is 17.5. The van der Waals surface area contributed by atoms with Gasteiger partial charge in [-0.1, -0.05) is 30.3 Å². The van der Waals surface area contributed by atoms with Crippen molar-refractivity contribution in [1.29, 1.82) is 0 Å². The van der Waals surface area contributed by atoms with Crippen LogP contribution in [0.3, 0.4) is 0 Å². The molecule has 2 aromatic heterocycles. The summed E-state index contributed by atoms with van der Waals surface area (Å²) in [6, 6.07) is 10.3. The predicted molar refractivity (Wildman–Crippen MR) is 94.3 cm³/mol. The van der Waals surface area contributed by atoms with Gasteiger partial charge in [0, 0.05) is 17.8 Å². The van der Waals surface area contributed by atoms with Crippen molar-refractivity contribution >= 4 is 23.2 Å². The molecule has 0 saturated carbocycles. The van der Waals surface area contributed by atoms with Gasteiger partial charge in [-0.2, -0.15) is 0 Å². The molecule has 0 atom stereocenters. The largest absolute Gasteiger partial charge is 0.462 e. The minimum atomic E-state index is -0.686. The van der Waals surface area contributed by atoms with Crippen molar-refractivity contribution in [2.45, 2.75) is 13.8 Å². The number of hydrogen-bond acceptors (Lipinski definition) is 6. The lowest BCUT2D eigenvalue weighted by Crippen LogP contribution is -2.13. The Hall–Kier alpha value is -3.35. The normalized spacial score (nSPS) is 10.7. The van der Waals surface area contributed by atoms with Gasteiger partial charge in [0.05, 0.1) is 13.2 Å². The zero-order valence-electron chi connectivity index (χ0n) is 14.4. The summed E-state index contributed by atoms with van der Waals surface area (Å²) in [5.74, 6) is -0.686. The van der Waals surface area contributed by atoms with Gasteiger partial charge in [0.25, 0.3) is 0 Å². The van der Waals surface area contributed by atoms with Gasteiger partial charge in [0.2, 0.25) is 0 Å². The van der Waals surface area contributed by atoms with Gasteiger partial charge in [-0.05, 0) is 19.4 Å². The average Bonchev–Trinajstić information content (AvgIpc) is 3.01. The molecule has 3 aromatic rings. The summed E-state index contributed by atoms with van der Waals surface area (Å²) in [5.41, 5.74) is 0.776. The van der Waals surface area contributed by atoms with Crippen molar-refractivity contribution in [2.75, 3.05) is 13.2 Å². The molecule has 0 amide bonds. The molecule has 0 radical (unpaired) electrons. The van der Waals surface area contributed by atoms with E-state index in [-0.39, 0.29) is 29.9 Å². The van der Waals surface area contributed by atoms with Crippen LogP contribution in [0.5, 0.6) is 0 Å². The van der Waals surface area contributed by atoms with Crippen LogP contribution in [-0.2, 0) is 9.47 Å². The number of carbonyl (C=O) groups is 2. The van der Waals surface area contributed by atoms with Crippen molar-refractivity contribution in [1.82, 2.24) is 4.57 Å². The zero-order chi connectivity index (χ0) is 18.7. The lowest BCUT2D eigenvalue weighted by atomic mass is 10.1. The van der Waals surface area contributed by atoms with E-state index < -0.39 is 17.7 Å². The Kier molecular flexibility index (Phi) is 4.88. The van der Waals surface area contributed by atoms with Crippen molar-refractivity contribution in [3.05, 3.63) is 58.6 Å². The summed E-state index contributed by atoms with van der Waals surface area (Å²) < 4.78 is 16.5. The highest BCUT2D eigenvalue weighted by Gasteiger charge is 2.25. The lowest BCUT2D eigenvalue weighted by Gasteiger charge is -2.08. The van der Waals surface area contributed by atoms with Crippen molar-refractivity contribution < 1.29 is 23.5 Å². The molecule has 0 unspecified atom stereocenters. The van der Waals surface area contributed by atoms with Gasteiger partial charge < -0.3 is 13.9 Å². The van der Waals surface area contributed by atoms with E-state index in [9.17, 15) is 14.4 Å². The predicted octanol–water partition coefficient (Wildman–Crippen LogP) is 3.44. The first-order chi connectivity index (χ1) is 12.6. The maximum Gasteiger partial charge on any atom is 0.418 e. The van der Waals surface area contributed by atoms with Crippen molar-refractivity contribution in [3.63, 3.8) is 0 Å². The van der Waals surface area contributed by atoms with Gasteiger partial charge in [-0.15, -0.1) is 0 Å². The van der Waals surface area contributed by atoms with Crippen LogP contribution in [0, 0.1) is 0 Å². The maximum atomic E-state index is 12.4. The van der Waals surface area contributed by atoms with E-state index in [4.69, 9.17) is 13.9 Å². The van der Waals surface area contributed by atoms with E-state index in [1.165, 1.54) is 12.3 Å². The number of hydrogen-bond donors (Lipinski definition) is 0. The molecular weight excluding hydrogens is 338 g/mol. The monoisotopic (exact) mass is 355 g/mol. The molecule has 7 heteroatoms. The molecule has 134 valence electrons. The topological polar surface area (TPSA) is 87.7 Å². The van der Waals surface area contributed by atoms with E-state index >= 15 is 0 Å². The molecule has 1 aromatic carbocycles. The Morgan fingerprint density at radius 3 is 2.42 bits per heavy atom. The summed E-state index contributed by atoms with van der Waals surface area (Å²) in [7, 11) is 0. The summed E-state index contributed by atoms with van der Waals surface area (Å²) in [5, 5.41) is 0. The second-order valence-electron chi connectivity index (χ2n) is 5.36. The molecule has 26 heavy (non-hydrogen) atoms. The Bertz CT molecular complexity index is 1020. The smallest absolute Gasteiger partial charge is 0.418 e. The molecule has 7 nitrogen and oxygen atoms in total. The SMILES string of the molecule is CCOC(=O)c1cn(C(=O)OCC)c2c(-c3ccccc3)cc(=O)oc12. The summed E-state index contributed by atoms with van der Waals surface area (Å²) in [6.07, 6.45) is 0.592. The van der Waals surface area contributed by atoms with Gasteiger partial charge in [0.1, 0.15) is 11.1 Å². The van der Waals surface area contributed by atoms with Crippen LogP contribution >= 0.6 is 0 Å². The van der Waals surface area contributed by atoms with Crippen LogP contribution in [0.4, 0.5) is 4.79 Å². The third kappa shape index (κ3) is 3.11. The number of carbonyl (C=O) groups excluding carboxylic acids is 2. The number of benzene rings is 1. The molecule has 0 aliphatic rings. The fourth-order valence-corrected chi connectivity index (χ4v) is 2.69. The molecular formula is C19H17NO6. The van der Waals surface area contributed by atoms with Gasteiger partial charge >= 0.3 is 17.7 Å². The van der Waals surface area contributed by atoms with Crippen LogP contribution < -0.4 is 5.63 Å². The number of aromatic nitrogens is 1. The lowest BCUT2D eigenvalue weighted by molar-refractivity contribution is 0.0527. The van der Waals surface area contributed by atoms with Crippen LogP contribution in [0.1, 0.15) is 24.2 Å². The second kappa shape index (κ2) is 7.26. The number of nitrogens with zero attached hydrogens (tertiary/aromatic N) is 1. The summed E-state index contributed by atoms with van der Waals surface area (Å²) >= 11 is 0. The van der Waals surface area contributed by atoms with E-state index in [0.29, 0.717) is 11.1 Å². The molecule has 2 heterocycles. The molecule has 3 rings (SSSR count). The quantitative estimate of drug-likeness (QED) is 0.666. The fraction of sp³-hybridized carbons (Fsp3) is 0.211. The minimum absolute atomic E-state index is 0.00946. The minimum Gasteiger partial charge on any atom is -0.462 e. The Morgan fingerprint density at radius 1 is 1.08 bits per heavy atom. The van der Waals surface area contributed by atoms with E-state index in [2.05, 4.69) is 0 Å². The number of esters is 1. The number of ether oxygens (including phenoxy) is 2. The molecule has 0 aliphatic heterocycles. The average molecular weight is 355 g/mol. The summed E-state index contributed by atoms with van der Waals surface area (Å²) in [6.45, 7) is 3.64. The van der Waals surface area contributed by atoms with Crippen molar-refractivity contribution in [2.24, 2.45) is 0 Å². The third-order valence-electron chi connectivity index (χ3n) is 3.72. The van der Waals surface area contributed by atoms with Crippen molar-refractivity contribution in [3.8, 4) is 11.1 Å². The summed E-state index contributed by atoms with van der Waals surface area (Å²) in [4.78, 5) is 36.7. The molecule has 0 aliphatic carbocycles. The van der Waals surface area contributed by atoms with E-state index in [0.717, 1.165) is 4.57 Å². The molecule has 0 N–H and O–H groups in total. The van der Waals surface area contributed by atoms with Gasteiger partial charge in [-0.25, -0.2) is 19.0 Å². The van der Waals surface area contributed by atoms with E-state index in [1.807, 2.05) is 6.07 Å². The highest BCUT2D eigenvalue weighted by atomic mass is 16.5. The zero-order valence-corrected chi connectivity index (χ0v) is 14.4. The Labute approximate surface area is 148 Å². The van der Waals surface area contributed by atoms with Crippen LogP contribution in [0.25, 0.3) is 22.2 Å². The number of rotatable bonds is 4. The fourth-order valence-electron chi connectivity index (χ4n) is 2.69. The second-order valence-corrected chi connectivity index (χ2v) is 5.36. The van der Waals surface area contributed by atoms with Crippen LogP contribution in [-0.4, -0.2) is 29.8 Å². The molecule has 0 bridgehead atoms.